The van der Waals surface area contributed by atoms with E-state index in [-0.39, 0.29) is 16.0 Å². The summed E-state index contributed by atoms with van der Waals surface area (Å²) in [5.41, 5.74) is -1.19. The van der Waals surface area contributed by atoms with E-state index in [1.807, 2.05) is 0 Å². The Hall–Kier alpha value is -2.06. The fourth-order valence-electron chi connectivity index (χ4n) is 4.59. The van der Waals surface area contributed by atoms with Crippen molar-refractivity contribution in [2.75, 3.05) is 0 Å². The Labute approximate surface area is 170 Å². The minimum absolute atomic E-state index is 0.166. The lowest BCUT2D eigenvalue weighted by Crippen LogP contribution is -2.67. The van der Waals surface area contributed by atoms with Crippen LogP contribution in [-0.4, -0.2) is 23.3 Å². The van der Waals surface area contributed by atoms with Crippen LogP contribution in [0, 0.1) is 0 Å². The zero-order chi connectivity index (χ0) is 20.8. The van der Waals surface area contributed by atoms with Crippen LogP contribution in [0.3, 0.4) is 0 Å². The van der Waals surface area contributed by atoms with Gasteiger partial charge in [-0.25, -0.2) is 13.2 Å². The van der Waals surface area contributed by atoms with Gasteiger partial charge in [-0.3, -0.25) is 0 Å². The fourth-order valence-corrected chi connectivity index (χ4v) is 6.13. The molecular weight excluding hydrogens is 425 g/mol. The molecule has 2 bridgehead atoms. The Bertz CT molecular complexity index is 1240. The maximum Gasteiger partial charge on any atom is 0.283 e. The highest BCUT2D eigenvalue weighted by molar-refractivity contribution is 7.90. The molecule has 0 radical (unpaired) electrons. The van der Waals surface area contributed by atoms with E-state index in [1.165, 1.54) is 0 Å². The van der Waals surface area contributed by atoms with Crippen molar-refractivity contribution in [2.24, 2.45) is 0 Å². The van der Waals surface area contributed by atoms with E-state index < -0.39 is 27.0 Å². The first-order valence-corrected chi connectivity index (χ1v) is 10.9. The van der Waals surface area contributed by atoms with Crippen LogP contribution in [0.5, 0.6) is 0 Å². The highest BCUT2D eigenvalue weighted by Gasteiger charge is 2.71. The average molecular weight is 441 g/mol. The van der Waals surface area contributed by atoms with E-state index in [4.69, 9.17) is 11.6 Å². The molecule has 0 unspecified atom stereocenters. The third kappa shape index (κ3) is 2.58. The molecule has 3 saturated carbocycles. The Balaban J connectivity index is 1.66. The predicted molar refractivity (Wildman–Crippen MR) is 103 cm³/mol. The molecule has 9 heteroatoms. The molecule has 3 aromatic rings. The molecule has 1 heterocycles. The van der Waals surface area contributed by atoms with Crippen LogP contribution in [0.1, 0.15) is 37.4 Å². The van der Waals surface area contributed by atoms with Crippen molar-refractivity contribution >= 4 is 32.5 Å². The molecule has 0 spiro atoms. The van der Waals surface area contributed by atoms with Gasteiger partial charge in [-0.2, -0.15) is 17.6 Å². The third-order valence-electron chi connectivity index (χ3n) is 5.98. The van der Waals surface area contributed by atoms with E-state index >= 15 is 0 Å². The number of hydrogen-bond acceptors (Lipinski definition) is 3. The molecule has 29 heavy (non-hydrogen) atoms. The van der Waals surface area contributed by atoms with Crippen molar-refractivity contribution in [1.29, 1.82) is 0 Å². The fraction of sp³-hybridized carbons (Fsp3) is 0.350. The van der Waals surface area contributed by atoms with Gasteiger partial charge in [0, 0.05) is 23.3 Å². The topological polar surface area (TPSA) is 52.0 Å². The van der Waals surface area contributed by atoms with Gasteiger partial charge >= 0.3 is 0 Å². The highest BCUT2D eigenvalue weighted by atomic mass is 35.5. The van der Waals surface area contributed by atoms with Gasteiger partial charge in [-0.15, -0.1) is 0 Å². The zero-order valence-electron chi connectivity index (χ0n) is 15.3. The summed E-state index contributed by atoms with van der Waals surface area (Å²) in [5, 5.41) is 5.20. The van der Waals surface area contributed by atoms with Gasteiger partial charge in [-0.05, 0) is 43.5 Å². The third-order valence-corrected chi connectivity index (χ3v) is 7.90. The van der Waals surface area contributed by atoms with Gasteiger partial charge in [0.15, 0.2) is 0 Å². The van der Waals surface area contributed by atoms with Crippen molar-refractivity contribution in [3.05, 3.63) is 58.7 Å². The molecule has 3 aliphatic carbocycles. The maximum absolute atomic E-state index is 14.1. The number of halogens is 4. The van der Waals surface area contributed by atoms with Gasteiger partial charge in [0.25, 0.3) is 15.9 Å². The second-order valence-corrected chi connectivity index (χ2v) is 10.4. The van der Waals surface area contributed by atoms with Crippen molar-refractivity contribution in [2.45, 2.75) is 48.1 Å². The van der Waals surface area contributed by atoms with Crippen molar-refractivity contribution < 1.29 is 21.6 Å². The smallest absolute Gasteiger partial charge is 0.244 e. The molecular formula is C20H16ClF3N2O2S. The zero-order valence-corrected chi connectivity index (χ0v) is 16.9. The summed E-state index contributed by atoms with van der Waals surface area (Å²) in [6.45, 7) is 0.743. The van der Waals surface area contributed by atoms with E-state index in [2.05, 4.69) is 5.10 Å². The van der Waals surface area contributed by atoms with E-state index in [0.717, 1.165) is 35.3 Å². The molecule has 0 amide bonds. The Morgan fingerprint density at radius 3 is 2.28 bits per heavy atom. The normalized spacial score (nSPS) is 26.2. The van der Waals surface area contributed by atoms with Gasteiger partial charge < -0.3 is 0 Å². The lowest BCUT2D eigenvalue weighted by molar-refractivity contribution is -0.159. The molecule has 0 saturated heterocycles. The molecule has 1 aromatic heterocycles. The number of nitrogens with zero attached hydrogens (tertiary/aromatic N) is 2. The van der Waals surface area contributed by atoms with Crippen LogP contribution in [0.15, 0.2) is 47.4 Å². The van der Waals surface area contributed by atoms with Crippen LogP contribution in [0.25, 0.3) is 10.9 Å². The van der Waals surface area contributed by atoms with Gasteiger partial charge in [-0.1, -0.05) is 29.8 Å². The second-order valence-electron chi connectivity index (χ2n) is 8.20. The number of rotatable bonds is 4. The van der Waals surface area contributed by atoms with Crippen LogP contribution >= 0.6 is 11.6 Å². The Morgan fingerprint density at radius 1 is 1.10 bits per heavy atom. The first-order chi connectivity index (χ1) is 13.5. The minimum atomic E-state index is -4.16. The SMILES string of the molecule is CC(F)(F)c1ccc(S(=O)(=O)n2nc(C34CC(F)(C3)C4)c3c(Cl)cccc32)cc1. The largest absolute Gasteiger partial charge is 0.283 e. The molecule has 3 fully saturated rings. The summed E-state index contributed by atoms with van der Waals surface area (Å²) in [6.07, 6.45) is 0.910. The van der Waals surface area contributed by atoms with Crippen LogP contribution in [0.4, 0.5) is 13.2 Å². The van der Waals surface area contributed by atoms with Gasteiger partial charge in [0.1, 0.15) is 5.67 Å². The molecule has 152 valence electrons. The van der Waals surface area contributed by atoms with Crippen molar-refractivity contribution in [1.82, 2.24) is 9.19 Å². The summed E-state index contributed by atoms with van der Waals surface area (Å²) in [7, 11) is -4.16. The van der Waals surface area contributed by atoms with Crippen LogP contribution in [-0.2, 0) is 21.4 Å². The number of benzene rings is 2. The summed E-state index contributed by atoms with van der Waals surface area (Å²) >= 11 is 6.36. The summed E-state index contributed by atoms with van der Waals surface area (Å²) in [4.78, 5) is -0.166. The highest BCUT2D eigenvalue weighted by Crippen LogP contribution is 2.70. The molecule has 3 aliphatic rings. The first-order valence-electron chi connectivity index (χ1n) is 9.06. The summed E-state index contributed by atoms with van der Waals surface area (Å²) < 4.78 is 68.4. The quantitative estimate of drug-likeness (QED) is 0.561. The molecule has 0 N–H and O–H groups in total. The Kier molecular flexibility index (Phi) is 3.62. The van der Waals surface area contributed by atoms with Crippen LogP contribution < -0.4 is 0 Å². The standard InChI is InChI=1S/C20H16ClF3N2O2S/c1-18(22,23)12-5-7-13(8-6-12)29(27,28)26-15-4-2-3-14(21)16(15)17(25-26)19-9-20(24,10-19)11-19/h2-8H,9-11H2,1H3. The average Bonchev–Trinajstić information content (AvgIpc) is 2.99. The van der Waals surface area contributed by atoms with Gasteiger partial charge in [0.2, 0.25) is 0 Å². The van der Waals surface area contributed by atoms with E-state index in [9.17, 15) is 21.6 Å². The Morgan fingerprint density at radius 2 is 1.72 bits per heavy atom. The molecule has 6 rings (SSSR count). The lowest BCUT2D eigenvalue weighted by atomic mass is 9.41. The molecule has 0 aliphatic heterocycles. The van der Waals surface area contributed by atoms with Crippen LogP contribution in [0.2, 0.25) is 5.02 Å². The number of hydrogen-bond donors (Lipinski definition) is 0. The van der Waals surface area contributed by atoms with Crippen molar-refractivity contribution in [3.8, 4) is 0 Å². The van der Waals surface area contributed by atoms with Crippen molar-refractivity contribution in [3.63, 3.8) is 0 Å². The number of alkyl halides is 3. The number of fused-ring (bicyclic) bond motifs is 1. The second kappa shape index (κ2) is 5.55. The lowest BCUT2D eigenvalue weighted by Gasteiger charge is -2.65. The van der Waals surface area contributed by atoms with Gasteiger partial charge in [0.05, 0.1) is 21.1 Å². The predicted octanol–water partition coefficient (Wildman–Crippen LogP) is 5.18. The molecule has 4 nitrogen and oxygen atoms in total. The minimum Gasteiger partial charge on any atom is -0.244 e. The van der Waals surface area contributed by atoms with E-state index in [1.54, 1.807) is 18.2 Å². The number of aromatic nitrogens is 2. The summed E-state index contributed by atoms with van der Waals surface area (Å²) in [6, 6.07) is 9.28. The summed E-state index contributed by atoms with van der Waals surface area (Å²) in [5.74, 6) is -3.08. The molecule has 2 aromatic carbocycles. The maximum atomic E-state index is 14.1. The monoisotopic (exact) mass is 440 g/mol. The first kappa shape index (κ1) is 18.9. The molecule has 0 atom stereocenters. The van der Waals surface area contributed by atoms with E-state index in [0.29, 0.717) is 35.4 Å².